The van der Waals surface area contributed by atoms with E-state index in [1.54, 1.807) is 24.4 Å². The molecule has 1 aliphatic carbocycles. The maximum absolute atomic E-state index is 12.3. The minimum absolute atomic E-state index is 0.238. The number of carbonyl (C=O) groups excluding carboxylic acids is 2. The Morgan fingerprint density at radius 2 is 2.13 bits per heavy atom. The highest BCUT2D eigenvalue weighted by Crippen LogP contribution is 2.46. The molecule has 0 amide bonds. The number of hydrogen-bond donors (Lipinski definition) is 1. The Bertz CT molecular complexity index is 579. The van der Waals surface area contributed by atoms with E-state index in [1.807, 2.05) is 0 Å². The summed E-state index contributed by atoms with van der Waals surface area (Å²) in [4.78, 5) is 27.3. The number of aryl methyl sites for hydroxylation is 1. The van der Waals surface area contributed by atoms with Crippen LogP contribution in [-0.4, -0.2) is 28.3 Å². The van der Waals surface area contributed by atoms with Crippen LogP contribution in [0.4, 0.5) is 13.2 Å². The first-order valence-electron chi connectivity index (χ1n) is 7.17. The lowest BCUT2D eigenvalue weighted by molar-refractivity contribution is -0.205. The zero-order valence-corrected chi connectivity index (χ0v) is 13.1. The van der Waals surface area contributed by atoms with Crippen molar-refractivity contribution in [3.8, 4) is 0 Å². The van der Waals surface area contributed by atoms with Crippen molar-refractivity contribution in [2.45, 2.75) is 43.5 Å². The minimum Gasteiger partial charge on any atom is -0.386 e. The van der Waals surface area contributed by atoms with Crippen LogP contribution in [0.15, 0.2) is 24.4 Å². The summed E-state index contributed by atoms with van der Waals surface area (Å²) in [5.74, 6) is -3.62. The lowest BCUT2D eigenvalue weighted by atomic mass is 9.80. The summed E-state index contributed by atoms with van der Waals surface area (Å²) < 4.78 is 41.0. The van der Waals surface area contributed by atoms with E-state index in [9.17, 15) is 22.8 Å². The molecule has 2 rings (SSSR count). The van der Waals surface area contributed by atoms with Gasteiger partial charge in [-0.2, -0.15) is 25.8 Å². The van der Waals surface area contributed by atoms with Crippen LogP contribution >= 0.6 is 12.6 Å². The summed E-state index contributed by atoms with van der Waals surface area (Å²) in [5.41, 5.74) is -0.476. The van der Waals surface area contributed by atoms with E-state index >= 15 is 0 Å². The highest BCUT2D eigenvalue weighted by Gasteiger charge is 2.52. The summed E-state index contributed by atoms with van der Waals surface area (Å²) in [6, 6.07) is 5.29. The summed E-state index contributed by atoms with van der Waals surface area (Å²) in [7, 11) is 0. The van der Waals surface area contributed by atoms with Crippen molar-refractivity contribution in [3.63, 3.8) is 0 Å². The van der Waals surface area contributed by atoms with Gasteiger partial charge in [-0.25, -0.2) is 4.79 Å². The third-order valence-electron chi connectivity index (χ3n) is 4.12. The lowest BCUT2D eigenvalue weighted by Crippen LogP contribution is -2.41. The Balaban J connectivity index is 2.13. The number of aromatic nitrogens is 1. The highest BCUT2D eigenvalue weighted by atomic mass is 32.1. The van der Waals surface area contributed by atoms with E-state index in [2.05, 4.69) is 22.3 Å². The predicted octanol–water partition coefficient (Wildman–Crippen LogP) is 3.12. The third-order valence-corrected chi connectivity index (χ3v) is 4.87. The third kappa shape index (κ3) is 4.04. The Kier molecular flexibility index (Phi) is 5.33. The van der Waals surface area contributed by atoms with Gasteiger partial charge in [-0.05, 0) is 37.8 Å². The molecule has 1 fully saturated rings. The summed E-state index contributed by atoms with van der Waals surface area (Å²) >= 11 is 4.34. The highest BCUT2D eigenvalue weighted by molar-refractivity contribution is 7.81. The van der Waals surface area contributed by atoms with Crippen molar-refractivity contribution in [3.05, 3.63) is 30.1 Å². The fourth-order valence-corrected chi connectivity index (χ4v) is 3.37. The first-order valence-corrected chi connectivity index (χ1v) is 7.69. The Hall–Kier alpha value is -1.57. The molecule has 0 aliphatic heterocycles. The standard InChI is InChI=1S/C15H16F3NO3S/c16-15(17,18)13(21)22-12(20)14(7-3-5-11(14)23)8-6-10-4-1-2-9-19-10/h1-2,4,9,11,23H,3,5-8H2. The molecule has 126 valence electrons. The topological polar surface area (TPSA) is 56.3 Å². The average molecular weight is 347 g/mol. The molecule has 2 atom stereocenters. The number of alkyl halides is 3. The van der Waals surface area contributed by atoms with Crippen molar-refractivity contribution in [2.24, 2.45) is 5.41 Å². The number of pyridine rings is 1. The van der Waals surface area contributed by atoms with Crippen LogP contribution in [0, 0.1) is 5.41 Å². The number of rotatable bonds is 4. The molecule has 1 aromatic heterocycles. The van der Waals surface area contributed by atoms with Gasteiger partial charge in [-0.3, -0.25) is 9.78 Å². The largest absolute Gasteiger partial charge is 0.491 e. The number of nitrogens with zero attached hydrogens (tertiary/aromatic N) is 1. The molecular weight excluding hydrogens is 331 g/mol. The van der Waals surface area contributed by atoms with Gasteiger partial charge in [0.25, 0.3) is 0 Å². The van der Waals surface area contributed by atoms with Crippen LogP contribution in [0.1, 0.15) is 31.4 Å². The summed E-state index contributed by atoms with van der Waals surface area (Å²) in [5, 5.41) is -0.445. The fraction of sp³-hybridized carbons (Fsp3) is 0.533. The zero-order valence-electron chi connectivity index (χ0n) is 12.2. The minimum atomic E-state index is -5.19. The van der Waals surface area contributed by atoms with Crippen molar-refractivity contribution >= 4 is 24.6 Å². The molecule has 0 spiro atoms. The lowest BCUT2D eigenvalue weighted by Gasteiger charge is -2.30. The van der Waals surface area contributed by atoms with Crippen molar-refractivity contribution in [1.82, 2.24) is 4.98 Å². The number of esters is 2. The average Bonchev–Trinajstić information content (AvgIpc) is 2.87. The molecular formula is C15H16F3NO3S. The van der Waals surface area contributed by atoms with E-state index in [1.165, 1.54) is 0 Å². The zero-order chi connectivity index (χ0) is 17.1. The van der Waals surface area contributed by atoms with Gasteiger partial charge in [-0.15, -0.1) is 0 Å². The molecule has 0 radical (unpaired) electrons. The smallest absolute Gasteiger partial charge is 0.386 e. The van der Waals surface area contributed by atoms with Crippen LogP contribution < -0.4 is 0 Å². The summed E-state index contributed by atoms with van der Waals surface area (Å²) in [6.07, 6.45) is -1.39. The second kappa shape index (κ2) is 6.90. The second-order valence-electron chi connectivity index (χ2n) is 5.56. The van der Waals surface area contributed by atoms with E-state index in [4.69, 9.17) is 0 Å². The molecule has 1 aromatic rings. The van der Waals surface area contributed by atoms with E-state index in [0.29, 0.717) is 31.4 Å². The molecule has 8 heteroatoms. The van der Waals surface area contributed by atoms with Gasteiger partial charge in [0, 0.05) is 17.1 Å². The normalized spacial score (nSPS) is 24.4. The molecule has 1 saturated carbocycles. The van der Waals surface area contributed by atoms with Crippen molar-refractivity contribution < 1.29 is 27.5 Å². The molecule has 0 bridgehead atoms. The summed E-state index contributed by atoms with van der Waals surface area (Å²) in [6.45, 7) is 0. The van der Waals surface area contributed by atoms with Gasteiger partial charge in [0.15, 0.2) is 0 Å². The monoisotopic (exact) mass is 347 g/mol. The van der Waals surface area contributed by atoms with E-state index < -0.39 is 28.8 Å². The number of carbonyl (C=O) groups is 2. The number of hydrogen-bond acceptors (Lipinski definition) is 5. The number of halogens is 3. The van der Waals surface area contributed by atoms with Crippen molar-refractivity contribution in [1.29, 1.82) is 0 Å². The van der Waals surface area contributed by atoms with E-state index in [0.717, 1.165) is 0 Å². The Morgan fingerprint density at radius 3 is 2.65 bits per heavy atom. The quantitative estimate of drug-likeness (QED) is 0.517. The van der Waals surface area contributed by atoms with Crippen LogP contribution in [-0.2, 0) is 20.7 Å². The molecule has 1 heterocycles. The van der Waals surface area contributed by atoms with Crippen molar-refractivity contribution in [2.75, 3.05) is 0 Å². The van der Waals surface area contributed by atoms with Gasteiger partial charge >= 0.3 is 18.1 Å². The SMILES string of the molecule is O=C(OC(=O)C1(CCc2ccccn2)CCCC1S)C(F)(F)F. The molecule has 0 N–H and O–H groups in total. The van der Waals surface area contributed by atoms with Crippen LogP contribution in [0.3, 0.4) is 0 Å². The Morgan fingerprint density at radius 1 is 1.39 bits per heavy atom. The molecule has 4 nitrogen and oxygen atoms in total. The van der Waals surface area contributed by atoms with Gasteiger partial charge in [0.05, 0.1) is 5.41 Å². The van der Waals surface area contributed by atoms with Gasteiger partial charge in [0.2, 0.25) is 0 Å². The maximum Gasteiger partial charge on any atom is 0.491 e. The molecule has 0 aromatic carbocycles. The number of ether oxygens (including phenoxy) is 1. The van der Waals surface area contributed by atoms with E-state index in [-0.39, 0.29) is 6.42 Å². The molecule has 1 aliphatic rings. The molecule has 0 saturated heterocycles. The van der Waals surface area contributed by atoms with Crippen LogP contribution in [0.25, 0.3) is 0 Å². The van der Waals surface area contributed by atoms with Gasteiger partial charge in [-0.1, -0.05) is 12.5 Å². The van der Waals surface area contributed by atoms with Gasteiger partial charge in [0.1, 0.15) is 0 Å². The molecule has 23 heavy (non-hydrogen) atoms. The second-order valence-corrected chi connectivity index (χ2v) is 6.18. The van der Waals surface area contributed by atoms with Gasteiger partial charge < -0.3 is 4.74 Å². The number of thiol groups is 1. The first-order chi connectivity index (χ1) is 10.8. The fourth-order valence-electron chi connectivity index (χ4n) is 2.83. The predicted molar refractivity (Wildman–Crippen MR) is 78.8 cm³/mol. The van der Waals surface area contributed by atoms with Crippen LogP contribution in [0.5, 0.6) is 0 Å². The maximum atomic E-state index is 12.3. The molecule has 2 unspecified atom stereocenters. The van der Waals surface area contributed by atoms with Crippen LogP contribution in [0.2, 0.25) is 0 Å². The first kappa shape index (κ1) is 17.8. The Labute approximate surface area is 136 Å².